The van der Waals surface area contributed by atoms with E-state index in [2.05, 4.69) is 29.2 Å². The van der Waals surface area contributed by atoms with Gasteiger partial charge in [0.1, 0.15) is 5.75 Å². The highest BCUT2D eigenvalue weighted by molar-refractivity contribution is 6.37. The molecular weight excluding hydrogens is 429 g/mol. The third-order valence-corrected chi connectivity index (χ3v) is 5.75. The van der Waals surface area contributed by atoms with Crippen molar-refractivity contribution >= 4 is 34.8 Å². The first kappa shape index (κ1) is 20.5. The zero-order valence-electron chi connectivity index (χ0n) is 15.7. The van der Waals surface area contributed by atoms with Crippen LogP contribution in [0.15, 0.2) is 66.7 Å². The molecule has 1 saturated heterocycles. The van der Waals surface area contributed by atoms with E-state index in [0.717, 1.165) is 25.2 Å². The van der Waals surface area contributed by atoms with Gasteiger partial charge in [-0.15, -0.1) is 0 Å². The van der Waals surface area contributed by atoms with E-state index in [-0.39, 0.29) is 6.10 Å². The summed E-state index contributed by atoms with van der Waals surface area (Å²) in [6, 6.07) is 21.4. The Hall–Kier alpha value is -1.75. The minimum atomic E-state index is -0.0390. The molecule has 0 amide bonds. The number of morpholine rings is 1. The number of ether oxygens (including phenoxy) is 2. The molecule has 0 aliphatic carbocycles. The topological polar surface area (TPSA) is 21.7 Å². The zero-order chi connectivity index (χ0) is 20.2. The number of para-hydroxylation sites is 1. The van der Waals surface area contributed by atoms with Crippen molar-refractivity contribution in [1.29, 1.82) is 0 Å². The van der Waals surface area contributed by atoms with Crippen LogP contribution in [0.5, 0.6) is 11.5 Å². The maximum absolute atomic E-state index is 6.49. The fraction of sp³-hybridized carbons (Fsp3) is 0.217. The van der Waals surface area contributed by atoms with Gasteiger partial charge in [-0.25, -0.2) is 0 Å². The number of rotatable bonds is 5. The van der Waals surface area contributed by atoms with Crippen LogP contribution in [0.3, 0.4) is 0 Å². The molecule has 1 fully saturated rings. The molecule has 1 atom stereocenters. The molecule has 3 aromatic rings. The van der Waals surface area contributed by atoms with Crippen molar-refractivity contribution in [2.45, 2.75) is 12.6 Å². The second kappa shape index (κ2) is 9.38. The van der Waals surface area contributed by atoms with Gasteiger partial charge < -0.3 is 9.47 Å². The Bertz CT molecular complexity index is 961. The first-order valence-electron chi connectivity index (χ1n) is 9.39. The molecule has 0 saturated carbocycles. The van der Waals surface area contributed by atoms with Crippen LogP contribution in [0, 0.1) is 0 Å². The van der Waals surface area contributed by atoms with Crippen LogP contribution in [0.2, 0.25) is 15.1 Å². The quantitative estimate of drug-likeness (QED) is 0.419. The van der Waals surface area contributed by atoms with Crippen molar-refractivity contribution < 1.29 is 9.47 Å². The summed E-state index contributed by atoms with van der Waals surface area (Å²) in [4.78, 5) is 2.39. The van der Waals surface area contributed by atoms with Crippen molar-refractivity contribution in [3.05, 3.63) is 92.9 Å². The molecule has 3 nitrogen and oxygen atoms in total. The van der Waals surface area contributed by atoms with Gasteiger partial charge in [0.25, 0.3) is 0 Å². The third kappa shape index (κ3) is 5.06. The first-order valence-corrected chi connectivity index (χ1v) is 10.5. The summed E-state index contributed by atoms with van der Waals surface area (Å²) >= 11 is 18.9. The van der Waals surface area contributed by atoms with Crippen molar-refractivity contribution in [2.75, 3.05) is 19.7 Å². The van der Waals surface area contributed by atoms with E-state index in [1.807, 2.05) is 24.3 Å². The van der Waals surface area contributed by atoms with E-state index in [9.17, 15) is 0 Å². The Morgan fingerprint density at radius 2 is 1.66 bits per heavy atom. The number of benzene rings is 3. The molecular formula is C23H20Cl3NO2. The number of halogens is 3. The summed E-state index contributed by atoms with van der Waals surface area (Å²) < 4.78 is 11.9. The van der Waals surface area contributed by atoms with Gasteiger partial charge in [0.2, 0.25) is 0 Å². The van der Waals surface area contributed by atoms with Crippen LogP contribution < -0.4 is 4.74 Å². The molecule has 0 bridgehead atoms. The molecule has 1 unspecified atom stereocenters. The number of hydrogen-bond acceptors (Lipinski definition) is 3. The summed E-state index contributed by atoms with van der Waals surface area (Å²) in [5.74, 6) is 0.899. The number of nitrogens with zero attached hydrogens (tertiary/aromatic N) is 1. The fourth-order valence-electron chi connectivity index (χ4n) is 3.38. The van der Waals surface area contributed by atoms with E-state index in [0.29, 0.717) is 33.2 Å². The minimum absolute atomic E-state index is 0.0390. The van der Waals surface area contributed by atoms with Gasteiger partial charge in [0.05, 0.1) is 27.8 Å². The maximum atomic E-state index is 6.49. The highest BCUT2D eigenvalue weighted by Crippen LogP contribution is 2.39. The van der Waals surface area contributed by atoms with Gasteiger partial charge in [-0.3, -0.25) is 4.90 Å². The molecule has 3 aromatic carbocycles. The molecule has 0 aromatic heterocycles. The molecule has 4 rings (SSSR count). The van der Waals surface area contributed by atoms with E-state index in [1.165, 1.54) is 5.56 Å². The largest absolute Gasteiger partial charge is 0.453 e. The van der Waals surface area contributed by atoms with Crippen LogP contribution in [-0.4, -0.2) is 24.6 Å². The SMILES string of the molecule is Clc1cc(C2CN(Cc3ccccc3)CCO2)ccc1Oc1c(Cl)cccc1Cl. The average molecular weight is 449 g/mol. The lowest BCUT2D eigenvalue weighted by Gasteiger charge is -2.33. The second-order valence-electron chi connectivity index (χ2n) is 6.92. The van der Waals surface area contributed by atoms with Gasteiger partial charge in [-0.1, -0.05) is 77.3 Å². The van der Waals surface area contributed by atoms with E-state index < -0.39 is 0 Å². The minimum Gasteiger partial charge on any atom is -0.453 e. The Labute approximate surface area is 185 Å². The molecule has 0 N–H and O–H groups in total. The third-order valence-electron chi connectivity index (χ3n) is 4.86. The van der Waals surface area contributed by atoms with Crippen molar-refractivity contribution in [2.24, 2.45) is 0 Å². The molecule has 0 spiro atoms. The van der Waals surface area contributed by atoms with E-state index in [1.54, 1.807) is 18.2 Å². The highest BCUT2D eigenvalue weighted by Gasteiger charge is 2.23. The molecule has 1 aliphatic heterocycles. The first-order chi connectivity index (χ1) is 14.1. The lowest BCUT2D eigenvalue weighted by atomic mass is 10.1. The summed E-state index contributed by atoms with van der Waals surface area (Å²) in [7, 11) is 0. The molecule has 1 aliphatic rings. The average Bonchev–Trinajstić information content (AvgIpc) is 2.73. The van der Waals surface area contributed by atoms with Crippen LogP contribution in [0.4, 0.5) is 0 Å². The van der Waals surface area contributed by atoms with Gasteiger partial charge in [-0.05, 0) is 35.4 Å². The zero-order valence-corrected chi connectivity index (χ0v) is 17.9. The van der Waals surface area contributed by atoms with Crippen molar-refractivity contribution in [1.82, 2.24) is 4.90 Å². The smallest absolute Gasteiger partial charge is 0.164 e. The Morgan fingerprint density at radius 1 is 0.897 bits per heavy atom. The predicted molar refractivity (Wildman–Crippen MR) is 118 cm³/mol. The number of hydrogen-bond donors (Lipinski definition) is 0. The summed E-state index contributed by atoms with van der Waals surface area (Å²) in [6.07, 6.45) is -0.0390. The summed E-state index contributed by atoms with van der Waals surface area (Å²) in [5, 5.41) is 1.36. The monoisotopic (exact) mass is 447 g/mol. The molecule has 150 valence electrons. The van der Waals surface area contributed by atoms with Crippen LogP contribution >= 0.6 is 34.8 Å². The lowest BCUT2D eigenvalue weighted by molar-refractivity contribution is -0.0329. The normalized spacial score (nSPS) is 17.3. The van der Waals surface area contributed by atoms with Gasteiger partial charge >= 0.3 is 0 Å². The van der Waals surface area contributed by atoms with Crippen molar-refractivity contribution in [3.63, 3.8) is 0 Å². The van der Waals surface area contributed by atoms with E-state index in [4.69, 9.17) is 44.3 Å². The maximum Gasteiger partial charge on any atom is 0.164 e. The molecule has 29 heavy (non-hydrogen) atoms. The molecule has 0 radical (unpaired) electrons. The molecule has 1 heterocycles. The van der Waals surface area contributed by atoms with Gasteiger partial charge in [0.15, 0.2) is 5.75 Å². The van der Waals surface area contributed by atoms with Gasteiger partial charge in [0, 0.05) is 19.6 Å². The second-order valence-corrected chi connectivity index (χ2v) is 8.14. The Kier molecular flexibility index (Phi) is 6.63. The van der Waals surface area contributed by atoms with Crippen LogP contribution in [-0.2, 0) is 11.3 Å². The molecule has 6 heteroatoms. The van der Waals surface area contributed by atoms with Gasteiger partial charge in [-0.2, -0.15) is 0 Å². The Balaban J connectivity index is 1.47. The van der Waals surface area contributed by atoms with E-state index >= 15 is 0 Å². The van der Waals surface area contributed by atoms with Crippen LogP contribution in [0.1, 0.15) is 17.2 Å². The Morgan fingerprint density at radius 3 is 2.38 bits per heavy atom. The highest BCUT2D eigenvalue weighted by atomic mass is 35.5. The van der Waals surface area contributed by atoms with Crippen molar-refractivity contribution in [3.8, 4) is 11.5 Å². The summed E-state index contributed by atoms with van der Waals surface area (Å²) in [6.45, 7) is 3.30. The fourth-order valence-corrected chi connectivity index (χ4v) is 4.08. The summed E-state index contributed by atoms with van der Waals surface area (Å²) in [5.41, 5.74) is 2.32. The predicted octanol–water partition coefficient (Wildman–Crippen LogP) is 7.01. The van der Waals surface area contributed by atoms with Crippen LogP contribution in [0.25, 0.3) is 0 Å². The standard InChI is InChI=1S/C23H20Cl3NO2/c24-18-7-4-8-19(25)23(18)29-21-10-9-17(13-20(21)26)22-15-27(11-12-28-22)14-16-5-2-1-3-6-16/h1-10,13,22H,11-12,14-15H2. The lowest BCUT2D eigenvalue weighted by Crippen LogP contribution is -2.37.